The molecule has 0 saturated carbocycles. The van der Waals surface area contributed by atoms with E-state index in [0.717, 1.165) is 16.1 Å². The maximum absolute atomic E-state index is 12.7. The fraction of sp³-hybridized carbons (Fsp3) is 0.368. The number of amides is 2. The van der Waals surface area contributed by atoms with E-state index in [1.54, 1.807) is 41.0 Å². The molecule has 8 nitrogen and oxygen atoms in total. The largest absolute Gasteiger partial charge is 0.472 e. The molecule has 0 unspecified atom stereocenters. The van der Waals surface area contributed by atoms with Crippen molar-refractivity contribution in [1.29, 1.82) is 0 Å². The van der Waals surface area contributed by atoms with E-state index in [2.05, 4.69) is 0 Å². The van der Waals surface area contributed by atoms with E-state index >= 15 is 0 Å². The molecule has 0 spiro atoms. The highest BCUT2D eigenvalue weighted by Gasteiger charge is 2.29. The Morgan fingerprint density at radius 3 is 2.29 bits per heavy atom. The van der Waals surface area contributed by atoms with Gasteiger partial charge in [0.2, 0.25) is 15.9 Å². The van der Waals surface area contributed by atoms with Gasteiger partial charge in [-0.1, -0.05) is 18.2 Å². The van der Waals surface area contributed by atoms with E-state index in [0.29, 0.717) is 37.4 Å². The third kappa shape index (κ3) is 4.36. The Balaban J connectivity index is 1.66. The van der Waals surface area contributed by atoms with Gasteiger partial charge in [0.1, 0.15) is 12.8 Å². The van der Waals surface area contributed by atoms with E-state index in [1.807, 2.05) is 6.07 Å². The molecule has 3 rings (SSSR count). The summed E-state index contributed by atoms with van der Waals surface area (Å²) >= 11 is 0. The van der Waals surface area contributed by atoms with Gasteiger partial charge in [0, 0.05) is 26.2 Å². The van der Waals surface area contributed by atoms with E-state index < -0.39 is 10.0 Å². The lowest BCUT2D eigenvalue weighted by molar-refractivity contribution is -0.131. The lowest BCUT2D eigenvalue weighted by Crippen LogP contribution is -2.53. The zero-order valence-electron chi connectivity index (χ0n) is 15.9. The fourth-order valence-electron chi connectivity index (χ4n) is 3.17. The minimum Gasteiger partial charge on any atom is -0.472 e. The topological polar surface area (TPSA) is 91.1 Å². The van der Waals surface area contributed by atoms with Crippen molar-refractivity contribution in [2.75, 3.05) is 43.3 Å². The second-order valence-corrected chi connectivity index (χ2v) is 8.65. The summed E-state index contributed by atoms with van der Waals surface area (Å²) in [4.78, 5) is 28.3. The minimum absolute atomic E-state index is 0.140. The Bertz CT molecular complexity index is 948. The van der Waals surface area contributed by atoms with E-state index in [1.165, 1.54) is 12.5 Å². The summed E-state index contributed by atoms with van der Waals surface area (Å²) in [5, 5.41) is 0. The average molecular weight is 405 g/mol. The predicted octanol–water partition coefficient (Wildman–Crippen LogP) is 1.34. The minimum atomic E-state index is -3.62. The lowest BCUT2D eigenvalue weighted by atomic mass is 10.2. The number of hydrogen-bond acceptors (Lipinski definition) is 5. The van der Waals surface area contributed by atoms with Gasteiger partial charge in [-0.25, -0.2) is 8.42 Å². The normalized spacial score (nSPS) is 14.8. The third-order valence-corrected chi connectivity index (χ3v) is 5.88. The molecule has 0 aliphatic carbocycles. The summed E-state index contributed by atoms with van der Waals surface area (Å²) in [6, 6.07) is 8.65. The van der Waals surface area contributed by atoms with Gasteiger partial charge in [0.05, 0.1) is 23.8 Å². The van der Waals surface area contributed by atoms with Crippen molar-refractivity contribution in [3.05, 3.63) is 54.0 Å². The van der Waals surface area contributed by atoms with Gasteiger partial charge in [-0.3, -0.25) is 13.9 Å². The number of anilines is 1. The lowest BCUT2D eigenvalue weighted by Gasteiger charge is -2.35. The number of carbonyl (C=O) groups excluding carboxylic acids is 2. The Hall–Kier alpha value is -2.81. The van der Waals surface area contributed by atoms with Crippen molar-refractivity contribution in [2.24, 2.45) is 0 Å². The second kappa shape index (κ2) is 8.05. The molecule has 1 aromatic carbocycles. The highest BCUT2D eigenvalue weighted by molar-refractivity contribution is 7.92. The number of piperazine rings is 1. The first-order chi connectivity index (χ1) is 13.3. The van der Waals surface area contributed by atoms with Crippen molar-refractivity contribution in [3.63, 3.8) is 0 Å². The van der Waals surface area contributed by atoms with Crippen molar-refractivity contribution in [3.8, 4) is 0 Å². The smallest absolute Gasteiger partial charge is 0.257 e. The van der Waals surface area contributed by atoms with Crippen LogP contribution in [0.4, 0.5) is 5.69 Å². The number of hydrogen-bond donors (Lipinski definition) is 0. The summed E-state index contributed by atoms with van der Waals surface area (Å²) in [5.41, 5.74) is 1.74. The molecule has 1 saturated heterocycles. The van der Waals surface area contributed by atoms with Crippen LogP contribution in [0.2, 0.25) is 0 Å². The Morgan fingerprint density at radius 2 is 1.71 bits per heavy atom. The monoisotopic (exact) mass is 405 g/mol. The molecular weight excluding hydrogens is 382 g/mol. The molecule has 0 N–H and O–H groups in total. The zero-order chi connectivity index (χ0) is 20.3. The van der Waals surface area contributed by atoms with E-state index in [4.69, 9.17) is 4.42 Å². The highest BCUT2D eigenvalue weighted by atomic mass is 32.2. The van der Waals surface area contributed by atoms with Crippen LogP contribution in [0, 0.1) is 6.92 Å². The maximum atomic E-state index is 12.7. The fourth-order valence-corrected chi connectivity index (χ4v) is 4.08. The van der Waals surface area contributed by atoms with Crippen LogP contribution in [0.5, 0.6) is 0 Å². The Kier molecular flexibility index (Phi) is 5.73. The molecule has 28 heavy (non-hydrogen) atoms. The first kappa shape index (κ1) is 19.9. The van der Waals surface area contributed by atoms with Crippen LogP contribution >= 0.6 is 0 Å². The molecule has 2 amide bonds. The summed E-state index contributed by atoms with van der Waals surface area (Å²) in [6.45, 7) is 3.02. The van der Waals surface area contributed by atoms with Crippen LogP contribution in [0.1, 0.15) is 15.9 Å². The number of furan rings is 1. The molecule has 150 valence electrons. The number of para-hydroxylation sites is 1. The molecule has 9 heteroatoms. The quantitative estimate of drug-likeness (QED) is 0.749. The second-order valence-electron chi connectivity index (χ2n) is 6.74. The Morgan fingerprint density at radius 1 is 1.07 bits per heavy atom. The van der Waals surface area contributed by atoms with Gasteiger partial charge in [-0.05, 0) is 24.6 Å². The summed E-state index contributed by atoms with van der Waals surface area (Å²) in [6.07, 6.45) is 3.93. The van der Waals surface area contributed by atoms with E-state index in [9.17, 15) is 18.0 Å². The van der Waals surface area contributed by atoms with Crippen LogP contribution in [0.25, 0.3) is 0 Å². The van der Waals surface area contributed by atoms with Gasteiger partial charge < -0.3 is 14.2 Å². The molecule has 1 aliphatic rings. The van der Waals surface area contributed by atoms with Crippen LogP contribution < -0.4 is 4.31 Å². The first-order valence-corrected chi connectivity index (χ1v) is 10.7. The van der Waals surface area contributed by atoms with Gasteiger partial charge >= 0.3 is 0 Å². The SMILES string of the molecule is Cc1ccccc1N(CC(=O)N1CCN(C(=O)c2ccoc2)CC1)S(C)(=O)=O. The van der Waals surface area contributed by atoms with E-state index in [-0.39, 0.29) is 18.4 Å². The van der Waals surface area contributed by atoms with Crippen molar-refractivity contribution < 1.29 is 22.4 Å². The van der Waals surface area contributed by atoms with Crippen molar-refractivity contribution >= 4 is 27.5 Å². The molecule has 0 atom stereocenters. The maximum Gasteiger partial charge on any atom is 0.257 e. The van der Waals surface area contributed by atoms with Crippen LogP contribution in [-0.4, -0.2) is 69.0 Å². The number of benzene rings is 1. The molecule has 0 bridgehead atoms. The van der Waals surface area contributed by atoms with Crippen molar-refractivity contribution in [1.82, 2.24) is 9.80 Å². The number of carbonyl (C=O) groups is 2. The number of rotatable bonds is 5. The summed E-state index contributed by atoms with van der Waals surface area (Å²) in [5.74, 6) is -0.428. The molecule has 1 aromatic heterocycles. The number of aryl methyl sites for hydroxylation is 1. The number of sulfonamides is 1. The van der Waals surface area contributed by atoms with Crippen LogP contribution in [-0.2, 0) is 14.8 Å². The molecule has 2 heterocycles. The molecule has 0 radical (unpaired) electrons. The highest BCUT2D eigenvalue weighted by Crippen LogP contribution is 2.22. The van der Waals surface area contributed by atoms with Crippen molar-refractivity contribution in [2.45, 2.75) is 6.92 Å². The standard InChI is InChI=1S/C19H23N3O5S/c1-15-5-3-4-6-17(15)22(28(2,25)26)13-18(23)20-8-10-21(11-9-20)19(24)16-7-12-27-14-16/h3-7,12,14H,8-11,13H2,1-2H3. The molecule has 1 fully saturated rings. The van der Waals surface area contributed by atoms with Gasteiger partial charge in [0.25, 0.3) is 5.91 Å². The number of nitrogens with zero attached hydrogens (tertiary/aromatic N) is 3. The average Bonchev–Trinajstić information content (AvgIpc) is 3.20. The summed E-state index contributed by atoms with van der Waals surface area (Å²) < 4.78 is 30.6. The van der Waals surface area contributed by atoms with Gasteiger partial charge in [-0.2, -0.15) is 0 Å². The van der Waals surface area contributed by atoms with Crippen LogP contribution in [0.15, 0.2) is 47.3 Å². The summed E-state index contributed by atoms with van der Waals surface area (Å²) in [7, 11) is -3.62. The zero-order valence-corrected chi connectivity index (χ0v) is 16.7. The first-order valence-electron chi connectivity index (χ1n) is 8.90. The Labute approximate surface area is 164 Å². The van der Waals surface area contributed by atoms with Crippen LogP contribution in [0.3, 0.4) is 0 Å². The van der Waals surface area contributed by atoms with Gasteiger partial charge in [0.15, 0.2) is 0 Å². The molecule has 1 aliphatic heterocycles. The third-order valence-electron chi connectivity index (χ3n) is 4.75. The molecule has 2 aromatic rings. The predicted molar refractivity (Wildman–Crippen MR) is 105 cm³/mol. The molecular formula is C19H23N3O5S. The van der Waals surface area contributed by atoms with Gasteiger partial charge in [-0.15, -0.1) is 0 Å².